The van der Waals surface area contributed by atoms with E-state index < -0.39 is 5.79 Å². The molecule has 0 radical (unpaired) electrons. The number of hydrogen-bond acceptors (Lipinski definition) is 4. The second kappa shape index (κ2) is 6.86. The van der Waals surface area contributed by atoms with Crippen LogP contribution in [0.5, 0.6) is 0 Å². The molecule has 0 saturated carbocycles. The molecule has 122 valence electrons. The van der Waals surface area contributed by atoms with Gasteiger partial charge in [0.1, 0.15) is 0 Å². The van der Waals surface area contributed by atoms with Crippen molar-refractivity contribution in [3.63, 3.8) is 0 Å². The highest BCUT2D eigenvalue weighted by molar-refractivity contribution is 6.17. The van der Waals surface area contributed by atoms with E-state index in [0.717, 1.165) is 5.56 Å². The zero-order valence-corrected chi connectivity index (χ0v) is 13.6. The van der Waals surface area contributed by atoms with E-state index in [4.69, 9.17) is 17.3 Å². The predicted octanol–water partition coefficient (Wildman–Crippen LogP) is 2.93. The first-order valence-electron chi connectivity index (χ1n) is 7.45. The van der Waals surface area contributed by atoms with Crippen molar-refractivity contribution in [1.29, 1.82) is 0 Å². The number of hydrogen-bond donors (Lipinski definition) is 3. The van der Waals surface area contributed by atoms with Gasteiger partial charge >= 0.3 is 0 Å². The molecule has 24 heavy (non-hydrogen) atoms. The second-order valence-electron chi connectivity index (χ2n) is 5.38. The predicted molar refractivity (Wildman–Crippen MR) is 97.0 cm³/mol. The maximum absolute atomic E-state index is 12.6. The molecule has 1 aliphatic heterocycles. The highest BCUT2D eigenvalue weighted by Crippen LogP contribution is 2.27. The topological polar surface area (TPSA) is 79.5 Å². The van der Waals surface area contributed by atoms with E-state index in [1.807, 2.05) is 24.3 Å². The van der Waals surface area contributed by atoms with E-state index in [1.165, 1.54) is 0 Å². The molecule has 0 aliphatic carbocycles. The van der Waals surface area contributed by atoms with Gasteiger partial charge in [-0.25, -0.2) is 4.99 Å². The summed E-state index contributed by atoms with van der Waals surface area (Å²) in [7, 11) is 0. The molecule has 1 unspecified atom stereocenters. The van der Waals surface area contributed by atoms with Crippen LogP contribution in [0.2, 0.25) is 0 Å². The first-order chi connectivity index (χ1) is 11.6. The van der Waals surface area contributed by atoms with Crippen molar-refractivity contribution in [3.8, 4) is 0 Å². The Hall–Kier alpha value is -2.63. The van der Waals surface area contributed by atoms with Crippen molar-refractivity contribution in [2.75, 3.05) is 5.32 Å². The van der Waals surface area contributed by atoms with Crippen molar-refractivity contribution >= 4 is 29.4 Å². The number of benzene rings is 2. The van der Waals surface area contributed by atoms with Gasteiger partial charge in [0.05, 0.1) is 0 Å². The number of alkyl halides is 1. The number of anilines is 1. The molecule has 1 amide bonds. The van der Waals surface area contributed by atoms with E-state index in [2.05, 4.69) is 15.6 Å². The molecule has 3 rings (SSSR count). The average Bonchev–Trinajstić information content (AvgIpc) is 2.62. The fourth-order valence-electron chi connectivity index (χ4n) is 2.48. The molecule has 0 saturated heterocycles. The van der Waals surface area contributed by atoms with Crippen LogP contribution in [0, 0.1) is 0 Å². The minimum Gasteiger partial charge on any atom is -0.351 e. The Morgan fingerprint density at radius 3 is 2.83 bits per heavy atom. The Kier molecular flexibility index (Phi) is 4.64. The smallest absolute Gasteiger partial charge is 0.255 e. The third kappa shape index (κ3) is 3.32. The number of nitrogens with two attached hydrogens (primary N) is 1. The van der Waals surface area contributed by atoms with Crippen LogP contribution in [0.3, 0.4) is 0 Å². The third-order valence-electron chi connectivity index (χ3n) is 3.69. The number of carbonyl (C=O) groups is 1. The monoisotopic (exact) mass is 340 g/mol. The van der Waals surface area contributed by atoms with Crippen LogP contribution in [0.15, 0.2) is 65.8 Å². The highest BCUT2D eigenvalue weighted by Gasteiger charge is 2.28. The van der Waals surface area contributed by atoms with E-state index in [1.54, 1.807) is 42.8 Å². The number of rotatable bonds is 4. The Morgan fingerprint density at radius 2 is 2.08 bits per heavy atom. The summed E-state index contributed by atoms with van der Waals surface area (Å²) < 4.78 is 0. The van der Waals surface area contributed by atoms with Crippen LogP contribution in [-0.2, 0) is 11.7 Å². The summed E-state index contributed by atoms with van der Waals surface area (Å²) in [6.45, 7) is 0. The molecule has 0 spiro atoms. The quantitative estimate of drug-likeness (QED) is 0.749. The summed E-state index contributed by atoms with van der Waals surface area (Å²) in [5.74, 6) is -0.987. The second-order valence-corrected chi connectivity index (χ2v) is 5.65. The average molecular weight is 341 g/mol. The van der Waals surface area contributed by atoms with Gasteiger partial charge in [0.15, 0.2) is 0 Å². The Labute approximate surface area is 145 Å². The van der Waals surface area contributed by atoms with Crippen LogP contribution in [0.1, 0.15) is 21.5 Å². The van der Waals surface area contributed by atoms with E-state index in [0.29, 0.717) is 22.7 Å². The number of amides is 1. The number of para-hydroxylation sites is 1. The standard InChI is InChI=1S/C18H17ClN4O/c19-12-13-5-3-6-14(11-13)17(24)23-16-8-2-1-7-15(16)18(20)21-9-4-10-22-18/h1-11,21H,12,20H2,(H,23,24). The van der Waals surface area contributed by atoms with Crippen molar-refractivity contribution < 1.29 is 4.79 Å². The van der Waals surface area contributed by atoms with Crippen LogP contribution in [0.25, 0.3) is 0 Å². The summed E-state index contributed by atoms with van der Waals surface area (Å²) in [5, 5.41) is 5.91. The zero-order chi connectivity index (χ0) is 17.0. The lowest BCUT2D eigenvalue weighted by Gasteiger charge is -2.29. The number of halogens is 1. The Balaban J connectivity index is 1.89. The molecule has 0 bridgehead atoms. The molecule has 6 heteroatoms. The molecule has 2 aromatic carbocycles. The largest absolute Gasteiger partial charge is 0.351 e. The minimum atomic E-state index is -1.11. The van der Waals surface area contributed by atoms with Gasteiger partial charge in [-0.05, 0) is 29.8 Å². The van der Waals surface area contributed by atoms with Crippen LogP contribution in [0.4, 0.5) is 5.69 Å². The maximum atomic E-state index is 12.6. The molecular formula is C18H17ClN4O. The van der Waals surface area contributed by atoms with Gasteiger partial charge in [0.25, 0.3) is 5.91 Å². The van der Waals surface area contributed by atoms with Crippen LogP contribution >= 0.6 is 11.6 Å². The van der Waals surface area contributed by atoms with Gasteiger partial charge in [0.2, 0.25) is 5.79 Å². The molecule has 0 fully saturated rings. The van der Waals surface area contributed by atoms with E-state index >= 15 is 0 Å². The van der Waals surface area contributed by atoms with Crippen molar-refractivity contribution in [3.05, 3.63) is 77.5 Å². The van der Waals surface area contributed by atoms with Crippen molar-refractivity contribution in [2.45, 2.75) is 11.7 Å². The minimum absolute atomic E-state index is 0.228. The summed E-state index contributed by atoms with van der Waals surface area (Å²) in [4.78, 5) is 16.8. The fourth-order valence-corrected chi connectivity index (χ4v) is 2.64. The Morgan fingerprint density at radius 1 is 1.25 bits per heavy atom. The first-order valence-corrected chi connectivity index (χ1v) is 7.98. The lowest BCUT2D eigenvalue weighted by atomic mass is 10.0. The molecule has 5 nitrogen and oxygen atoms in total. The first kappa shape index (κ1) is 16.2. The van der Waals surface area contributed by atoms with Gasteiger partial charge in [0, 0.05) is 35.1 Å². The number of allylic oxidation sites excluding steroid dienone is 1. The summed E-state index contributed by atoms with van der Waals surface area (Å²) in [5.41, 5.74) is 9.01. The Bertz CT molecular complexity index is 818. The maximum Gasteiger partial charge on any atom is 0.255 e. The van der Waals surface area contributed by atoms with E-state index in [-0.39, 0.29) is 5.91 Å². The van der Waals surface area contributed by atoms with Gasteiger partial charge in [-0.15, -0.1) is 11.6 Å². The zero-order valence-electron chi connectivity index (χ0n) is 12.9. The van der Waals surface area contributed by atoms with Crippen molar-refractivity contribution in [1.82, 2.24) is 5.32 Å². The van der Waals surface area contributed by atoms with Gasteiger partial charge < -0.3 is 10.6 Å². The summed E-state index contributed by atoms with van der Waals surface area (Å²) >= 11 is 5.83. The summed E-state index contributed by atoms with van der Waals surface area (Å²) in [6.07, 6.45) is 5.10. The van der Waals surface area contributed by atoms with Gasteiger partial charge in [-0.3, -0.25) is 10.5 Å². The number of nitrogens with one attached hydrogen (secondary N) is 2. The normalized spacial score (nSPS) is 18.9. The fraction of sp³-hybridized carbons (Fsp3) is 0.111. The van der Waals surface area contributed by atoms with E-state index in [9.17, 15) is 4.79 Å². The van der Waals surface area contributed by atoms with Crippen LogP contribution < -0.4 is 16.4 Å². The molecule has 4 N–H and O–H groups in total. The molecule has 0 aromatic heterocycles. The molecule has 1 heterocycles. The number of nitrogens with zero attached hydrogens (tertiary/aromatic N) is 1. The SMILES string of the molecule is NC1(c2ccccc2NC(=O)c2cccc(CCl)c2)N=CC=CN1. The lowest BCUT2D eigenvalue weighted by Crippen LogP contribution is -2.48. The molecular weight excluding hydrogens is 324 g/mol. The highest BCUT2D eigenvalue weighted by atomic mass is 35.5. The molecule has 1 aliphatic rings. The van der Waals surface area contributed by atoms with Crippen LogP contribution in [-0.4, -0.2) is 12.1 Å². The van der Waals surface area contributed by atoms with Gasteiger partial charge in [-0.2, -0.15) is 0 Å². The molecule has 2 aromatic rings. The molecule has 1 atom stereocenters. The lowest BCUT2D eigenvalue weighted by molar-refractivity contribution is 0.102. The number of aliphatic imine (C=N–C) groups is 1. The summed E-state index contributed by atoms with van der Waals surface area (Å²) in [6, 6.07) is 14.5. The van der Waals surface area contributed by atoms with Gasteiger partial charge in [-0.1, -0.05) is 30.3 Å². The third-order valence-corrected chi connectivity index (χ3v) is 4.00. The number of carbonyl (C=O) groups excluding carboxylic acids is 1. The van der Waals surface area contributed by atoms with Crippen molar-refractivity contribution in [2.24, 2.45) is 10.7 Å².